The molecule has 0 saturated carbocycles. The highest BCUT2D eigenvalue weighted by Gasteiger charge is 2.15. The van der Waals surface area contributed by atoms with Crippen LogP contribution >= 0.6 is 0 Å². The summed E-state index contributed by atoms with van der Waals surface area (Å²) < 4.78 is 15.8. The molecule has 1 heterocycles. The maximum Gasteiger partial charge on any atom is 0.266 e. The molecule has 0 aliphatic rings. The Morgan fingerprint density at radius 2 is 1.80 bits per heavy atom. The standard InChI is InChI=1S/C22H20N4O4/c1-28-18-7-5-4-6-17(18)25-22(27)15(12-23)10-16-13-24-26-21(16)14-8-9-19(29-2)20(11-14)30-3/h4-11,13H,1-3H3,(H,24,26)(H,25,27). The number of benzene rings is 2. The normalized spacial score (nSPS) is 10.8. The summed E-state index contributed by atoms with van der Waals surface area (Å²) in [6.07, 6.45) is 3.01. The van der Waals surface area contributed by atoms with E-state index in [1.807, 2.05) is 12.1 Å². The first-order valence-electron chi connectivity index (χ1n) is 8.93. The summed E-state index contributed by atoms with van der Waals surface area (Å²) >= 11 is 0. The SMILES string of the molecule is COc1ccccc1NC(=O)C(C#N)=Cc1cn[nH]c1-c1ccc(OC)c(OC)c1. The van der Waals surface area contributed by atoms with E-state index in [0.29, 0.717) is 34.2 Å². The summed E-state index contributed by atoms with van der Waals surface area (Å²) in [4.78, 5) is 12.6. The van der Waals surface area contributed by atoms with Crippen LogP contribution in [0.1, 0.15) is 5.56 Å². The van der Waals surface area contributed by atoms with Crippen LogP contribution in [0.3, 0.4) is 0 Å². The fourth-order valence-electron chi connectivity index (χ4n) is 2.87. The minimum atomic E-state index is -0.554. The number of para-hydroxylation sites is 2. The Hall–Kier alpha value is -4.25. The molecule has 152 valence electrons. The van der Waals surface area contributed by atoms with Crippen LogP contribution in [0.4, 0.5) is 5.69 Å². The fourth-order valence-corrected chi connectivity index (χ4v) is 2.87. The first-order valence-corrected chi connectivity index (χ1v) is 8.93. The maximum absolute atomic E-state index is 12.6. The summed E-state index contributed by atoms with van der Waals surface area (Å²) in [7, 11) is 4.61. The zero-order valence-electron chi connectivity index (χ0n) is 16.7. The number of nitriles is 1. The molecule has 0 radical (unpaired) electrons. The summed E-state index contributed by atoms with van der Waals surface area (Å²) in [5, 5.41) is 19.2. The number of carbonyl (C=O) groups excluding carboxylic acids is 1. The van der Waals surface area contributed by atoms with E-state index in [4.69, 9.17) is 14.2 Å². The zero-order valence-corrected chi connectivity index (χ0v) is 16.7. The van der Waals surface area contributed by atoms with Crippen LogP contribution < -0.4 is 19.5 Å². The van der Waals surface area contributed by atoms with Gasteiger partial charge in [0, 0.05) is 11.1 Å². The number of rotatable bonds is 7. The van der Waals surface area contributed by atoms with Crippen LogP contribution in [0.25, 0.3) is 17.3 Å². The van der Waals surface area contributed by atoms with Crippen LogP contribution in [0, 0.1) is 11.3 Å². The van der Waals surface area contributed by atoms with Gasteiger partial charge in [0.05, 0.1) is 38.9 Å². The molecule has 8 nitrogen and oxygen atoms in total. The maximum atomic E-state index is 12.6. The third-order valence-corrected chi connectivity index (χ3v) is 4.36. The van der Waals surface area contributed by atoms with Gasteiger partial charge in [0.2, 0.25) is 0 Å². The number of methoxy groups -OCH3 is 3. The largest absolute Gasteiger partial charge is 0.495 e. The molecule has 3 rings (SSSR count). The average molecular weight is 404 g/mol. The van der Waals surface area contributed by atoms with Gasteiger partial charge in [-0.3, -0.25) is 9.89 Å². The van der Waals surface area contributed by atoms with Crippen LogP contribution in [-0.2, 0) is 4.79 Å². The third kappa shape index (κ3) is 4.25. The summed E-state index contributed by atoms with van der Waals surface area (Å²) in [5.74, 6) is 1.08. The van der Waals surface area contributed by atoms with E-state index in [2.05, 4.69) is 15.5 Å². The van der Waals surface area contributed by atoms with E-state index in [1.54, 1.807) is 56.8 Å². The molecule has 0 bridgehead atoms. The molecule has 0 atom stereocenters. The van der Waals surface area contributed by atoms with Crippen LogP contribution in [-0.4, -0.2) is 37.4 Å². The molecule has 3 aromatic rings. The molecule has 30 heavy (non-hydrogen) atoms. The summed E-state index contributed by atoms with van der Waals surface area (Å²) in [5.41, 5.74) is 2.36. The molecule has 0 aliphatic carbocycles. The van der Waals surface area contributed by atoms with E-state index in [0.717, 1.165) is 5.56 Å². The highest BCUT2D eigenvalue weighted by atomic mass is 16.5. The molecule has 2 N–H and O–H groups in total. The average Bonchev–Trinajstić information content (AvgIpc) is 3.25. The van der Waals surface area contributed by atoms with E-state index in [9.17, 15) is 10.1 Å². The van der Waals surface area contributed by atoms with Crippen molar-refractivity contribution in [3.05, 3.63) is 59.8 Å². The van der Waals surface area contributed by atoms with E-state index in [1.165, 1.54) is 13.2 Å². The second-order valence-corrected chi connectivity index (χ2v) is 6.09. The Bertz CT molecular complexity index is 1130. The topological polar surface area (TPSA) is 109 Å². The number of carbonyl (C=O) groups is 1. The number of nitrogens with one attached hydrogen (secondary N) is 2. The number of H-pyrrole nitrogens is 1. The molecule has 0 saturated heterocycles. The molecule has 1 amide bonds. The van der Waals surface area contributed by atoms with Crippen molar-refractivity contribution < 1.29 is 19.0 Å². The van der Waals surface area contributed by atoms with Gasteiger partial charge in [0.1, 0.15) is 17.4 Å². The first kappa shape index (κ1) is 20.5. The summed E-state index contributed by atoms with van der Waals surface area (Å²) in [6.45, 7) is 0. The lowest BCUT2D eigenvalue weighted by atomic mass is 10.1. The lowest BCUT2D eigenvalue weighted by molar-refractivity contribution is -0.112. The highest BCUT2D eigenvalue weighted by molar-refractivity contribution is 6.10. The van der Waals surface area contributed by atoms with Gasteiger partial charge in [-0.25, -0.2) is 0 Å². The Morgan fingerprint density at radius 3 is 2.50 bits per heavy atom. The van der Waals surface area contributed by atoms with Crippen molar-refractivity contribution in [3.8, 4) is 34.6 Å². The molecule has 1 aromatic heterocycles. The van der Waals surface area contributed by atoms with E-state index in [-0.39, 0.29) is 5.57 Å². The molecule has 0 aliphatic heterocycles. The van der Waals surface area contributed by atoms with Gasteiger partial charge < -0.3 is 19.5 Å². The van der Waals surface area contributed by atoms with Crippen molar-refractivity contribution in [2.24, 2.45) is 0 Å². The lowest BCUT2D eigenvalue weighted by Crippen LogP contribution is -2.14. The number of aromatic amines is 1. The van der Waals surface area contributed by atoms with Gasteiger partial charge in [-0.1, -0.05) is 12.1 Å². The number of hydrogen-bond donors (Lipinski definition) is 2. The molecule has 0 unspecified atom stereocenters. The minimum Gasteiger partial charge on any atom is -0.495 e. The predicted molar refractivity (Wildman–Crippen MR) is 112 cm³/mol. The zero-order chi connectivity index (χ0) is 21.5. The Balaban J connectivity index is 1.92. The number of aromatic nitrogens is 2. The molecule has 2 aromatic carbocycles. The molecular weight excluding hydrogens is 384 g/mol. The van der Waals surface area contributed by atoms with Crippen LogP contribution in [0.15, 0.2) is 54.2 Å². The smallest absolute Gasteiger partial charge is 0.266 e. The predicted octanol–water partition coefficient (Wildman–Crippen LogP) is 3.65. The highest BCUT2D eigenvalue weighted by Crippen LogP contribution is 2.33. The van der Waals surface area contributed by atoms with Crippen molar-refractivity contribution in [1.82, 2.24) is 10.2 Å². The lowest BCUT2D eigenvalue weighted by Gasteiger charge is -2.10. The quantitative estimate of drug-likeness (QED) is 0.460. The summed E-state index contributed by atoms with van der Waals surface area (Å²) in [6, 6.07) is 14.3. The van der Waals surface area contributed by atoms with E-state index >= 15 is 0 Å². The van der Waals surface area contributed by atoms with Gasteiger partial charge in [-0.2, -0.15) is 10.4 Å². The van der Waals surface area contributed by atoms with Gasteiger partial charge >= 0.3 is 0 Å². The van der Waals surface area contributed by atoms with Crippen molar-refractivity contribution in [2.75, 3.05) is 26.6 Å². The van der Waals surface area contributed by atoms with Crippen LogP contribution in [0.2, 0.25) is 0 Å². The van der Waals surface area contributed by atoms with E-state index < -0.39 is 5.91 Å². The number of amides is 1. The second-order valence-electron chi connectivity index (χ2n) is 6.09. The molecule has 0 spiro atoms. The molecule has 8 heteroatoms. The van der Waals surface area contributed by atoms with Gasteiger partial charge in [0.25, 0.3) is 5.91 Å². The Labute approximate surface area is 173 Å². The van der Waals surface area contributed by atoms with Gasteiger partial charge in [-0.05, 0) is 36.4 Å². The van der Waals surface area contributed by atoms with Gasteiger partial charge in [0.15, 0.2) is 11.5 Å². The number of hydrogen-bond acceptors (Lipinski definition) is 6. The first-order chi connectivity index (χ1) is 14.6. The van der Waals surface area contributed by atoms with Crippen LogP contribution in [0.5, 0.6) is 17.2 Å². The number of ether oxygens (including phenoxy) is 3. The number of anilines is 1. The van der Waals surface area contributed by atoms with Crippen molar-refractivity contribution in [1.29, 1.82) is 5.26 Å². The third-order valence-electron chi connectivity index (χ3n) is 4.36. The van der Waals surface area contributed by atoms with Crippen molar-refractivity contribution >= 4 is 17.7 Å². The molecular formula is C22H20N4O4. The number of nitrogens with zero attached hydrogens (tertiary/aromatic N) is 2. The Morgan fingerprint density at radius 1 is 1.07 bits per heavy atom. The second kappa shape index (κ2) is 9.30. The Kier molecular flexibility index (Phi) is 6.35. The van der Waals surface area contributed by atoms with Crippen molar-refractivity contribution in [3.63, 3.8) is 0 Å². The van der Waals surface area contributed by atoms with Gasteiger partial charge in [-0.15, -0.1) is 0 Å². The van der Waals surface area contributed by atoms with Crippen molar-refractivity contribution in [2.45, 2.75) is 0 Å². The monoisotopic (exact) mass is 404 g/mol. The minimum absolute atomic E-state index is 0.0796. The fraction of sp³-hybridized carbons (Fsp3) is 0.136. The molecule has 0 fully saturated rings.